The largest absolute Gasteiger partial charge is 0.460 e. The van der Waals surface area contributed by atoms with E-state index in [1.807, 2.05) is 60.7 Å². The van der Waals surface area contributed by atoms with Gasteiger partial charge in [0.2, 0.25) is 0 Å². The van der Waals surface area contributed by atoms with Crippen LogP contribution in [0, 0.1) is 70.8 Å². The number of nitrogens with zero attached hydrogens (tertiary/aromatic N) is 5. The van der Waals surface area contributed by atoms with Crippen LogP contribution in [0.3, 0.4) is 0 Å². The summed E-state index contributed by atoms with van der Waals surface area (Å²) in [6.45, 7) is 20.4. The average Bonchev–Trinajstić information content (AvgIpc) is 3.45. The minimum Gasteiger partial charge on any atom is -0.460 e. The van der Waals surface area contributed by atoms with Gasteiger partial charge in [-0.3, -0.25) is 0 Å². The summed E-state index contributed by atoms with van der Waals surface area (Å²) < 4.78 is 20.8. The van der Waals surface area contributed by atoms with Crippen molar-refractivity contribution in [3.8, 4) is 46.6 Å². The van der Waals surface area contributed by atoms with Crippen LogP contribution in [0.2, 0.25) is 0 Å². The van der Waals surface area contributed by atoms with Crippen LogP contribution < -0.4 is 78.5 Å². The van der Waals surface area contributed by atoms with E-state index in [9.17, 15) is 10.5 Å². The standard InChI is InChI=1S/C63H41B3N6O3/c1-32-16-34(3)62(35(4)17-32)71-49-28-47-43(64-41-12-8-10-14-53(41)73-56-22-38(30-67)20-48(70-47)59(56)64)26-44(49)66-46-27-45-50(29-55(46)75-57-23-39(31-68)21-51(71)60(57)66)72(63-36(5)18-33(2)19-37(63)6)52-24-40(69-7)25-58-61(52)65(45)42-13-9-11-15-54(42)74-58/h8-29,70H,1-6H3. The molecule has 12 heteroatoms. The fourth-order valence-corrected chi connectivity index (χ4v) is 13.7. The maximum absolute atomic E-state index is 10.9. The summed E-state index contributed by atoms with van der Waals surface area (Å²) in [5.41, 5.74) is 25.1. The van der Waals surface area contributed by atoms with Crippen molar-refractivity contribution in [1.29, 1.82) is 10.5 Å². The molecule has 9 nitrogen and oxygen atoms in total. The van der Waals surface area contributed by atoms with Gasteiger partial charge in [-0.25, -0.2) is 4.85 Å². The summed E-state index contributed by atoms with van der Waals surface area (Å²) in [5.74, 6) is 4.18. The van der Waals surface area contributed by atoms with Crippen molar-refractivity contribution in [3.63, 3.8) is 0 Å². The van der Waals surface area contributed by atoms with E-state index in [0.717, 1.165) is 128 Å². The molecule has 1 N–H and O–H groups in total. The molecule has 0 spiro atoms. The molecule has 0 fully saturated rings. The van der Waals surface area contributed by atoms with Gasteiger partial charge < -0.3 is 29.3 Å². The molecule has 6 aliphatic rings. The zero-order chi connectivity index (χ0) is 50.9. The molecule has 15 rings (SSSR count). The summed E-state index contributed by atoms with van der Waals surface area (Å²) in [7, 11) is 0. The van der Waals surface area contributed by atoms with E-state index >= 15 is 0 Å². The lowest BCUT2D eigenvalue weighted by Crippen LogP contribution is -2.65. The molecule has 6 aliphatic heterocycles. The number of anilines is 8. The first-order valence-electron chi connectivity index (χ1n) is 25.3. The van der Waals surface area contributed by atoms with E-state index in [2.05, 4.69) is 146 Å². The van der Waals surface area contributed by atoms with Crippen LogP contribution in [0.15, 0.2) is 133 Å². The predicted octanol–water partition coefficient (Wildman–Crippen LogP) is 9.32. The second-order valence-electron chi connectivity index (χ2n) is 21.0. The van der Waals surface area contributed by atoms with Crippen molar-refractivity contribution in [2.75, 3.05) is 15.1 Å². The fourth-order valence-electron chi connectivity index (χ4n) is 13.7. The molecule has 0 aromatic heterocycles. The highest BCUT2D eigenvalue weighted by Gasteiger charge is 2.49. The van der Waals surface area contributed by atoms with Gasteiger partial charge in [0.05, 0.1) is 41.2 Å². The highest BCUT2D eigenvalue weighted by atomic mass is 16.5. The molecule has 0 atom stereocenters. The summed E-state index contributed by atoms with van der Waals surface area (Å²) in [5, 5.41) is 25.0. The van der Waals surface area contributed by atoms with Crippen molar-refractivity contribution in [2.45, 2.75) is 41.5 Å². The predicted molar refractivity (Wildman–Crippen MR) is 303 cm³/mol. The highest BCUT2D eigenvalue weighted by Crippen LogP contribution is 2.49. The van der Waals surface area contributed by atoms with E-state index in [4.69, 9.17) is 20.8 Å². The average molecular weight is 962 g/mol. The molecule has 0 radical (unpaired) electrons. The third-order valence-corrected chi connectivity index (χ3v) is 16.3. The van der Waals surface area contributed by atoms with Gasteiger partial charge in [0.1, 0.15) is 34.5 Å². The normalized spacial score (nSPS) is 13.7. The molecule has 0 amide bonds. The Balaban J connectivity index is 1.05. The molecule has 0 saturated heterocycles. The molecule has 0 aliphatic carbocycles. The molecule has 0 bridgehead atoms. The Kier molecular flexibility index (Phi) is 8.75. The van der Waals surface area contributed by atoms with Crippen molar-refractivity contribution in [3.05, 3.63) is 189 Å². The zero-order valence-corrected chi connectivity index (χ0v) is 41.9. The summed E-state index contributed by atoms with van der Waals surface area (Å²) in [4.78, 5) is 8.67. The SMILES string of the molecule is [C-]#[N+]c1cc2c3c(c1)N(c1c(C)cc(C)cc1C)c1cc4c(cc1B3c1ccccc1O2)B1c2cc3c(cc2N(c2c(C)cc(C)cc2C)c2cc(C#N)cc(c21)O4)Nc1cc(C#N)cc2c1B3c1ccccc1O2. The van der Waals surface area contributed by atoms with Gasteiger partial charge in [-0.05, 0) is 168 Å². The summed E-state index contributed by atoms with van der Waals surface area (Å²) in [6, 6.07) is 51.2. The molecule has 0 unspecified atom stereocenters. The van der Waals surface area contributed by atoms with Crippen LogP contribution in [0.4, 0.5) is 51.2 Å². The Morgan fingerprint density at radius 3 is 1.51 bits per heavy atom. The monoisotopic (exact) mass is 962 g/mol. The van der Waals surface area contributed by atoms with Gasteiger partial charge in [0.15, 0.2) is 5.69 Å². The third-order valence-electron chi connectivity index (χ3n) is 16.3. The maximum atomic E-state index is 10.9. The molecule has 9 aromatic carbocycles. The van der Waals surface area contributed by atoms with Crippen molar-refractivity contribution in [1.82, 2.24) is 0 Å². The summed E-state index contributed by atoms with van der Waals surface area (Å²) >= 11 is 0. The smallest absolute Gasteiger partial charge is 0.256 e. The van der Waals surface area contributed by atoms with Crippen LogP contribution in [0.25, 0.3) is 4.85 Å². The number of ether oxygens (including phenoxy) is 3. The number of hydrogen-bond acceptors (Lipinski definition) is 8. The second-order valence-corrected chi connectivity index (χ2v) is 21.0. The van der Waals surface area contributed by atoms with E-state index in [0.29, 0.717) is 39.8 Å². The molecule has 75 heavy (non-hydrogen) atoms. The van der Waals surface area contributed by atoms with Crippen LogP contribution in [-0.2, 0) is 0 Å². The Hall–Kier alpha value is -9.56. The fraction of sp³-hybridized carbons (Fsp3) is 0.0952. The van der Waals surface area contributed by atoms with Crippen molar-refractivity contribution >= 4 is 120 Å². The van der Waals surface area contributed by atoms with E-state index in [1.54, 1.807) is 0 Å². The number of hydrogen-bond donors (Lipinski definition) is 1. The first-order valence-corrected chi connectivity index (χ1v) is 25.3. The molecule has 0 saturated carbocycles. The van der Waals surface area contributed by atoms with Gasteiger partial charge in [0.25, 0.3) is 20.1 Å². The van der Waals surface area contributed by atoms with E-state index < -0.39 is 0 Å². The van der Waals surface area contributed by atoms with Gasteiger partial charge in [-0.2, -0.15) is 10.5 Å². The number of fused-ring (bicyclic) bond motifs is 12. The first kappa shape index (κ1) is 43.1. The lowest BCUT2D eigenvalue weighted by atomic mass is 9.29. The number of nitriles is 2. The topological polar surface area (TPSA) is 98.1 Å². The molecule has 9 aromatic rings. The highest BCUT2D eigenvalue weighted by molar-refractivity contribution is 7.03. The van der Waals surface area contributed by atoms with E-state index in [1.165, 1.54) is 11.1 Å². The van der Waals surface area contributed by atoms with E-state index in [-0.39, 0.29) is 20.1 Å². The Labute approximate surface area is 435 Å². The van der Waals surface area contributed by atoms with Crippen LogP contribution >= 0.6 is 0 Å². The van der Waals surface area contributed by atoms with Gasteiger partial charge in [0, 0.05) is 40.2 Å². The number of nitrogens with one attached hydrogen (secondary N) is 1. The Morgan fingerprint density at radius 1 is 0.440 bits per heavy atom. The molecular formula is C63H41B3N6O3. The van der Waals surface area contributed by atoms with Crippen molar-refractivity contribution < 1.29 is 14.2 Å². The molecule has 6 heterocycles. The lowest BCUT2D eigenvalue weighted by molar-refractivity contribution is 0.487. The first-order chi connectivity index (χ1) is 36.5. The minimum atomic E-state index is -0.354. The second kappa shape index (κ2) is 15.2. The number of para-hydroxylation sites is 2. The van der Waals surface area contributed by atoms with Crippen molar-refractivity contribution in [2.24, 2.45) is 0 Å². The minimum absolute atomic E-state index is 0.209. The quantitative estimate of drug-likeness (QED) is 0.135. The lowest BCUT2D eigenvalue weighted by Gasteiger charge is -2.44. The molecule has 350 valence electrons. The van der Waals surface area contributed by atoms with Gasteiger partial charge >= 0.3 is 0 Å². The third kappa shape index (κ3) is 5.90. The Morgan fingerprint density at radius 2 is 0.920 bits per heavy atom. The van der Waals surface area contributed by atoms with Gasteiger partial charge in [-0.1, -0.05) is 83.9 Å². The van der Waals surface area contributed by atoms with Crippen LogP contribution in [-0.4, -0.2) is 20.1 Å². The van der Waals surface area contributed by atoms with Crippen LogP contribution in [0.1, 0.15) is 44.5 Å². The zero-order valence-electron chi connectivity index (χ0n) is 41.9. The van der Waals surface area contributed by atoms with Crippen LogP contribution in [0.5, 0.6) is 34.5 Å². The maximum Gasteiger partial charge on any atom is 0.256 e. The van der Waals surface area contributed by atoms with Gasteiger partial charge in [-0.15, -0.1) is 0 Å². The number of rotatable bonds is 2. The number of benzene rings is 9. The summed E-state index contributed by atoms with van der Waals surface area (Å²) in [6.07, 6.45) is 0. The Bertz CT molecular complexity index is 4270. The molecular weight excluding hydrogens is 921 g/mol. The number of aryl methyl sites for hydroxylation is 6.